The van der Waals surface area contributed by atoms with Crippen LogP contribution in [0.4, 0.5) is 19.0 Å². The molecular formula is C11H7BrF3N3O2. The first-order chi connectivity index (χ1) is 9.33. The van der Waals surface area contributed by atoms with Crippen LogP contribution in [0.1, 0.15) is 0 Å². The summed E-state index contributed by atoms with van der Waals surface area (Å²) in [6, 6.07) is 5.13. The molecule has 20 heavy (non-hydrogen) atoms. The summed E-state index contributed by atoms with van der Waals surface area (Å²) in [5, 5.41) is 0. The van der Waals surface area contributed by atoms with Crippen LogP contribution in [-0.2, 0) is 0 Å². The highest BCUT2D eigenvalue weighted by Gasteiger charge is 2.32. The van der Waals surface area contributed by atoms with Gasteiger partial charge in [-0.2, -0.15) is 0 Å². The number of aromatic nitrogens is 2. The van der Waals surface area contributed by atoms with E-state index in [1.165, 1.54) is 24.5 Å². The number of nitrogens with two attached hydrogens (primary N) is 1. The molecule has 0 atom stereocenters. The number of halogens is 4. The molecular weight excluding hydrogens is 343 g/mol. The number of nitrogens with zero attached hydrogens (tertiary/aromatic N) is 2. The van der Waals surface area contributed by atoms with Crippen molar-refractivity contribution in [3.05, 3.63) is 35.1 Å². The minimum atomic E-state index is -4.76. The summed E-state index contributed by atoms with van der Waals surface area (Å²) in [6.07, 6.45) is -3.55. The van der Waals surface area contributed by atoms with Crippen molar-refractivity contribution in [2.75, 3.05) is 5.73 Å². The van der Waals surface area contributed by atoms with Crippen molar-refractivity contribution in [3.8, 4) is 17.4 Å². The van der Waals surface area contributed by atoms with Crippen molar-refractivity contribution in [1.82, 2.24) is 9.97 Å². The molecule has 0 spiro atoms. The lowest BCUT2D eigenvalue weighted by molar-refractivity contribution is -0.274. The monoisotopic (exact) mass is 349 g/mol. The van der Waals surface area contributed by atoms with Gasteiger partial charge in [0.25, 0.3) is 0 Å². The molecule has 0 aliphatic carbocycles. The van der Waals surface area contributed by atoms with Crippen LogP contribution in [0.15, 0.2) is 35.1 Å². The van der Waals surface area contributed by atoms with Gasteiger partial charge >= 0.3 is 6.36 Å². The van der Waals surface area contributed by atoms with Crippen molar-refractivity contribution in [1.29, 1.82) is 0 Å². The van der Waals surface area contributed by atoms with Gasteiger partial charge in [-0.15, -0.1) is 13.2 Å². The van der Waals surface area contributed by atoms with Gasteiger partial charge < -0.3 is 15.2 Å². The van der Waals surface area contributed by atoms with E-state index in [0.717, 1.165) is 6.07 Å². The average Bonchev–Trinajstić information content (AvgIpc) is 2.31. The van der Waals surface area contributed by atoms with Crippen LogP contribution in [0.2, 0.25) is 0 Å². The zero-order chi connectivity index (χ0) is 14.8. The predicted molar refractivity (Wildman–Crippen MR) is 67.3 cm³/mol. The highest BCUT2D eigenvalue weighted by molar-refractivity contribution is 9.10. The maximum atomic E-state index is 12.1. The molecule has 0 saturated carbocycles. The normalized spacial score (nSPS) is 11.2. The number of benzene rings is 1. The van der Waals surface area contributed by atoms with Gasteiger partial charge in [-0.3, -0.25) is 0 Å². The van der Waals surface area contributed by atoms with E-state index in [0.29, 0.717) is 0 Å². The van der Waals surface area contributed by atoms with E-state index in [2.05, 4.69) is 30.6 Å². The van der Waals surface area contributed by atoms with Crippen molar-refractivity contribution >= 4 is 21.7 Å². The lowest BCUT2D eigenvalue weighted by Gasteiger charge is -2.11. The summed E-state index contributed by atoms with van der Waals surface area (Å²) in [5.74, 6) is 0.288. The van der Waals surface area contributed by atoms with Crippen molar-refractivity contribution in [3.63, 3.8) is 0 Å². The number of ether oxygens (including phenoxy) is 2. The molecule has 0 aliphatic rings. The van der Waals surface area contributed by atoms with E-state index in [1.54, 1.807) is 0 Å². The third-order valence-corrected chi connectivity index (χ3v) is 2.63. The molecule has 2 aromatic rings. The summed E-state index contributed by atoms with van der Waals surface area (Å²) in [7, 11) is 0. The van der Waals surface area contributed by atoms with Crippen molar-refractivity contribution < 1.29 is 22.6 Å². The number of rotatable bonds is 3. The fourth-order valence-electron chi connectivity index (χ4n) is 1.28. The molecule has 106 valence electrons. The van der Waals surface area contributed by atoms with E-state index in [4.69, 9.17) is 10.5 Å². The Labute approximate surface area is 119 Å². The summed E-state index contributed by atoms with van der Waals surface area (Å²) in [5.41, 5.74) is 5.45. The van der Waals surface area contributed by atoms with Crippen LogP contribution in [-0.4, -0.2) is 16.3 Å². The Bertz CT molecular complexity index is 622. The molecule has 1 heterocycles. The van der Waals surface area contributed by atoms with Crippen LogP contribution in [0, 0.1) is 0 Å². The first kappa shape index (κ1) is 14.4. The van der Waals surface area contributed by atoms with Gasteiger partial charge in [0.05, 0.1) is 4.47 Å². The largest absolute Gasteiger partial charge is 0.573 e. The highest BCUT2D eigenvalue weighted by atomic mass is 79.9. The molecule has 0 radical (unpaired) electrons. The SMILES string of the molecule is Nc1cc(Oc2ccc(OC(F)(F)F)c(Br)c2)ncn1. The highest BCUT2D eigenvalue weighted by Crippen LogP contribution is 2.34. The van der Waals surface area contributed by atoms with Gasteiger partial charge in [-0.25, -0.2) is 9.97 Å². The molecule has 0 bridgehead atoms. The number of hydrogen-bond acceptors (Lipinski definition) is 5. The van der Waals surface area contributed by atoms with E-state index >= 15 is 0 Å². The van der Waals surface area contributed by atoms with E-state index < -0.39 is 6.36 Å². The van der Waals surface area contributed by atoms with Crippen LogP contribution in [0.5, 0.6) is 17.4 Å². The van der Waals surface area contributed by atoms with Crippen molar-refractivity contribution in [2.24, 2.45) is 0 Å². The topological polar surface area (TPSA) is 70.3 Å². The Morgan fingerprint density at radius 3 is 2.50 bits per heavy atom. The molecule has 0 unspecified atom stereocenters. The third kappa shape index (κ3) is 3.98. The minimum Gasteiger partial charge on any atom is -0.439 e. The van der Waals surface area contributed by atoms with Gasteiger partial charge in [0.15, 0.2) is 0 Å². The standard InChI is InChI=1S/C11H7BrF3N3O2/c12-7-3-6(1-2-8(7)20-11(13,14)15)19-10-4-9(16)17-5-18-10/h1-5H,(H2,16,17,18). The zero-order valence-corrected chi connectivity index (χ0v) is 11.3. The third-order valence-electron chi connectivity index (χ3n) is 2.01. The van der Waals surface area contributed by atoms with Gasteiger partial charge in [-0.1, -0.05) is 0 Å². The number of alkyl halides is 3. The summed E-state index contributed by atoms with van der Waals surface area (Å²) in [6.45, 7) is 0. The Hall–Kier alpha value is -2.03. The van der Waals surface area contributed by atoms with E-state index in [-0.39, 0.29) is 27.7 Å². The molecule has 9 heteroatoms. The molecule has 5 nitrogen and oxygen atoms in total. The average molecular weight is 350 g/mol. The molecule has 1 aromatic carbocycles. The van der Waals surface area contributed by atoms with E-state index in [9.17, 15) is 13.2 Å². The Balaban J connectivity index is 2.17. The van der Waals surface area contributed by atoms with Gasteiger partial charge in [0.1, 0.15) is 23.6 Å². The zero-order valence-electron chi connectivity index (χ0n) is 9.69. The molecule has 0 amide bonds. The first-order valence-corrected chi connectivity index (χ1v) is 5.93. The van der Waals surface area contributed by atoms with Gasteiger partial charge in [0.2, 0.25) is 5.88 Å². The van der Waals surface area contributed by atoms with Gasteiger partial charge in [-0.05, 0) is 34.1 Å². The lowest BCUT2D eigenvalue weighted by Crippen LogP contribution is -2.17. The number of hydrogen-bond donors (Lipinski definition) is 1. The number of nitrogen functional groups attached to an aromatic ring is 1. The lowest BCUT2D eigenvalue weighted by atomic mass is 10.3. The fourth-order valence-corrected chi connectivity index (χ4v) is 1.72. The Morgan fingerprint density at radius 1 is 1.15 bits per heavy atom. The summed E-state index contributed by atoms with van der Waals surface area (Å²) >= 11 is 2.97. The van der Waals surface area contributed by atoms with E-state index in [1.807, 2.05) is 0 Å². The molecule has 0 aliphatic heterocycles. The predicted octanol–water partition coefficient (Wildman–Crippen LogP) is 3.51. The summed E-state index contributed by atoms with van der Waals surface area (Å²) < 4.78 is 45.6. The molecule has 0 fully saturated rings. The number of anilines is 1. The quantitative estimate of drug-likeness (QED) is 0.917. The Morgan fingerprint density at radius 2 is 1.90 bits per heavy atom. The second-order valence-electron chi connectivity index (χ2n) is 3.52. The molecule has 1 aromatic heterocycles. The maximum Gasteiger partial charge on any atom is 0.573 e. The molecule has 2 N–H and O–H groups in total. The Kier molecular flexibility index (Phi) is 3.98. The second kappa shape index (κ2) is 5.53. The molecule has 2 rings (SSSR count). The van der Waals surface area contributed by atoms with Crippen LogP contribution < -0.4 is 15.2 Å². The van der Waals surface area contributed by atoms with Gasteiger partial charge in [0, 0.05) is 6.07 Å². The van der Waals surface area contributed by atoms with Crippen LogP contribution >= 0.6 is 15.9 Å². The smallest absolute Gasteiger partial charge is 0.439 e. The van der Waals surface area contributed by atoms with Crippen molar-refractivity contribution in [2.45, 2.75) is 6.36 Å². The minimum absolute atomic E-state index is 0.0920. The maximum absolute atomic E-state index is 12.1. The fraction of sp³-hybridized carbons (Fsp3) is 0.0909. The van der Waals surface area contributed by atoms with Crippen LogP contribution in [0.25, 0.3) is 0 Å². The van der Waals surface area contributed by atoms with Crippen LogP contribution in [0.3, 0.4) is 0 Å². The second-order valence-corrected chi connectivity index (χ2v) is 4.38. The summed E-state index contributed by atoms with van der Waals surface area (Å²) in [4.78, 5) is 7.49. The first-order valence-electron chi connectivity index (χ1n) is 5.14. The molecule has 0 saturated heterocycles.